The predicted molar refractivity (Wildman–Crippen MR) is 25.4 cm³/mol. The van der Waals surface area contributed by atoms with Crippen LogP contribution in [0.2, 0.25) is 0 Å². The normalized spacial score (nSPS) is 8.71. The molecule has 1 amide bonds. The average molecular weight is 102 g/mol. The summed E-state index contributed by atoms with van der Waals surface area (Å²) in [6, 6.07) is 0. The number of carbonyl (C=O) groups excluding carboxylic acids is 1. The van der Waals surface area contributed by atoms with E-state index in [1.807, 2.05) is 0 Å². The molecule has 0 aromatic heterocycles. The fraction of sp³-hybridized carbons (Fsp3) is 0.500. The third kappa shape index (κ3) is 5.43. The highest BCUT2D eigenvalue weighted by molar-refractivity contribution is 5.82. The monoisotopic (exact) mass is 102 g/mol. The second-order valence-corrected chi connectivity index (χ2v) is 1.06. The van der Waals surface area contributed by atoms with Crippen LogP contribution in [0.25, 0.3) is 0 Å². The van der Waals surface area contributed by atoms with Gasteiger partial charge in [-0.05, 0) is 0 Å². The van der Waals surface area contributed by atoms with Gasteiger partial charge in [0.05, 0.1) is 13.0 Å². The minimum atomic E-state index is -0.443. The van der Waals surface area contributed by atoms with Crippen molar-refractivity contribution in [3.63, 3.8) is 0 Å². The fourth-order valence-corrected chi connectivity index (χ4v) is 0.165. The number of rotatable bonds is 3. The maximum atomic E-state index is 9.84. The van der Waals surface area contributed by atoms with E-state index in [2.05, 4.69) is 4.74 Å². The van der Waals surface area contributed by atoms with Crippen LogP contribution in [-0.2, 0) is 9.53 Å². The van der Waals surface area contributed by atoms with Crippen molar-refractivity contribution in [1.29, 1.82) is 0 Å². The third-order valence-electron chi connectivity index (χ3n) is 0.451. The van der Waals surface area contributed by atoms with Crippen LogP contribution in [0.5, 0.6) is 0 Å². The molecule has 41 valence electrons. The first kappa shape index (κ1) is 6.43. The molecule has 0 rings (SSSR count). The zero-order valence-electron chi connectivity index (χ0n) is 4.18. The number of hydrogen-bond acceptors (Lipinski definition) is 2. The van der Waals surface area contributed by atoms with E-state index < -0.39 is 5.91 Å². The molecule has 0 aliphatic heterocycles. The summed E-state index contributed by atoms with van der Waals surface area (Å²) in [5, 5.41) is 0. The van der Waals surface area contributed by atoms with Gasteiger partial charge in [0.15, 0.2) is 0 Å². The van der Waals surface area contributed by atoms with Gasteiger partial charge in [-0.25, -0.2) is 0 Å². The molecule has 2 N–H and O–H groups in total. The first-order valence-corrected chi connectivity index (χ1v) is 1.89. The highest BCUT2D eigenvalue weighted by Crippen LogP contribution is 1.71. The number of primary amides is 1. The Morgan fingerprint density at radius 3 is 2.71 bits per heavy atom. The Labute approximate surface area is 42.4 Å². The van der Waals surface area contributed by atoms with Gasteiger partial charge >= 0.3 is 0 Å². The van der Waals surface area contributed by atoms with Gasteiger partial charge in [0.25, 0.3) is 0 Å². The van der Waals surface area contributed by atoms with E-state index in [0.29, 0.717) is 6.61 Å². The molecule has 0 atom stereocenters. The lowest BCUT2D eigenvalue weighted by molar-refractivity contribution is -0.115. The topological polar surface area (TPSA) is 52.3 Å². The van der Waals surface area contributed by atoms with Crippen molar-refractivity contribution < 1.29 is 9.53 Å². The van der Waals surface area contributed by atoms with Gasteiger partial charge in [-0.15, -0.1) is 0 Å². The van der Waals surface area contributed by atoms with Crippen molar-refractivity contribution in [2.45, 2.75) is 0 Å². The van der Waals surface area contributed by atoms with Gasteiger partial charge < -0.3 is 10.5 Å². The second-order valence-electron chi connectivity index (χ2n) is 1.06. The molecule has 0 saturated carbocycles. The lowest BCUT2D eigenvalue weighted by atomic mass is 10.4. The van der Waals surface area contributed by atoms with Crippen LogP contribution in [0.1, 0.15) is 0 Å². The van der Waals surface area contributed by atoms with Crippen LogP contribution < -0.4 is 5.73 Å². The summed E-state index contributed by atoms with van der Waals surface area (Å²) < 4.78 is 4.50. The molecule has 0 aromatic rings. The lowest BCUT2D eigenvalue weighted by Gasteiger charge is -1.88. The number of ether oxygens (including phenoxy) is 1. The minimum Gasteiger partial charge on any atom is -0.384 e. The van der Waals surface area contributed by atoms with Crippen LogP contribution in [-0.4, -0.2) is 19.6 Å². The van der Waals surface area contributed by atoms with E-state index in [9.17, 15) is 4.79 Å². The number of hydrogen-bond donors (Lipinski definition) is 1. The Balaban J connectivity index is 2.82. The summed E-state index contributed by atoms with van der Waals surface area (Å²) in [5.41, 5.74) is 4.70. The van der Waals surface area contributed by atoms with E-state index in [1.54, 1.807) is 0 Å². The summed E-state index contributed by atoms with van der Waals surface area (Å²) in [7, 11) is 1.50. The van der Waals surface area contributed by atoms with Crippen LogP contribution in [0, 0.1) is 6.42 Å². The first-order chi connectivity index (χ1) is 3.27. The van der Waals surface area contributed by atoms with Gasteiger partial charge in [0.2, 0.25) is 5.91 Å². The molecule has 0 aliphatic carbocycles. The van der Waals surface area contributed by atoms with Crippen molar-refractivity contribution >= 4 is 5.91 Å². The molecule has 0 bridgehead atoms. The van der Waals surface area contributed by atoms with Crippen LogP contribution >= 0.6 is 0 Å². The Morgan fingerprint density at radius 1 is 2.00 bits per heavy atom. The standard InChI is InChI=1S/C4H8NO2/c1-7-3-2-4(5)6/h2H,3H2,1H3,(H2,5,6). The molecule has 0 aromatic carbocycles. The third-order valence-corrected chi connectivity index (χ3v) is 0.451. The van der Waals surface area contributed by atoms with Crippen LogP contribution in [0.4, 0.5) is 0 Å². The maximum absolute atomic E-state index is 9.84. The largest absolute Gasteiger partial charge is 0.384 e. The number of carbonyl (C=O) groups is 1. The van der Waals surface area contributed by atoms with E-state index in [4.69, 9.17) is 5.73 Å². The summed E-state index contributed by atoms with van der Waals surface area (Å²) in [6.45, 7) is 0.301. The molecule has 7 heavy (non-hydrogen) atoms. The molecule has 0 spiro atoms. The van der Waals surface area contributed by atoms with Crippen molar-refractivity contribution in [2.24, 2.45) is 5.73 Å². The molecular weight excluding hydrogens is 94.0 g/mol. The lowest BCUT2D eigenvalue weighted by Crippen LogP contribution is -2.13. The van der Waals surface area contributed by atoms with Gasteiger partial charge in [-0.2, -0.15) is 0 Å². The van der Waals surface area contributed by atoms with E-state index in [-0.39, 0.29) is 0 Å². The van der Waals surface area contributed by atoms with Crippen molar-refractivity contribution in [2.75, 3.05) is 13.7 Å². The summed E-state index contributed by atoms with van der Waals surface area (Å²) in [5.74, 6) is -0.443. The van der Waals surface area contributed by atoms with Crippen LogP contribution in [0.3, 0.4) is 0 Å². The molecule has 0 heterocycles. The molecule has 3 nitrogen and oxygen atoms in total. The highest BCUT2D eigenvalue weighted by atomic mass is 16.5. The molecule has 0 fully saturated rings. The molecule has 3 heteroatoms. The van der Waals surface area contributed by atoms with Gasteiger partial charge in [0, 0.05) is 7.11 Å². The summed E-state index contributed by atoms with van der Waals surface area (Å²) in [4.78, 5) is 9.84. The Bertz CT molecular complexity index is 62.7. The summed E-state index contributed by atoms with van der Waals surface area (Å²) >= 11 is 0. The second kappa shape index (κ2) is 3.61. The van der Waals surface area contributed by atoms with E-state index in [1.165, 1.54) is 13.5 Å². The van der Waals surface area contributed by atoms with Crippen molar-refractivity contribution in [3.05, 3.63) is 6.42 Å². The molecule has 0 aliphatic rings. The highest BCUT2D eigenvalue weighted by Gasteiger charge is 1.89. The van der Waals surface area contributed by atoms with Gasteiger partial charge in [0.1, 0.15) is 0 Å². The first-order valence-electron chi connectivity index (χ1n) is 1.89. The fourth-order valence-electron chi connectivity index (χ4n) is 0.165. The van der Waals surface area contributed by atoms with Gasteiger partial charge in [-0.3, -0.25) is 4.79 Å². The van der Waals surface area contributed by atoms with E-state index >= 15 is 0 Å². The Kier molecular flexibility index (Phi) is 3.32. The number of amides is 1. The SMILES string of the molecule is COC[CH]C(N)=O. The summed E-state index contributed by atoms with van der Waals surface area (Å²) in [6.07, 6.45) is 1.26. The zero-order valence-corrected chi connectivity index (χ0v) is 4.18. The van der Waals surface area contributed by atoms with E-state index in [0.717, 1.165) is 0 Å². The molecule has 1 radical (unpaired) electrons. The molecule has 0 unspecified atom stereocenters. The van der Waals surface area contributed by atoms with Crippen molar-refractivity contribution in [1.82, 2.24) is 0 Å². The van der Waals surface area contributed by atoms with Gasteiger partial charge in [-0.1, -0.05) is 0 Å². The zero-order chi connectivity index (χ0) is 5.70. The maximum Gasteiger partial charge on any atom is 0.223 e. The average Bonchev–Trinajstić information content (AvgIpc) is 1.61. The van der Waals surface area contributed by atoms with Crippen LogP contribution in [0.15, 0.2) is 0 Å². The Morgan fingerprint density at radius 2 is 2.57 bits per heavy atom. The minimum absolute atomic E-state index is 0.301. The smallest absolute Gasteiger partial charge is 0.223 e. The number of nitrogens with two attached hydrogens (primary N) is 1. The predicted octanol–water partition coefficient (Wildman–Crippen LogP) is -0.678. The molecular formula is C4H8NO2. The number of methoxy groups -OCH3 is 1. The quantitative estimate of drug-likeness (QED) is 0.513. The Hall–Kier alpha value is -0.570. The molecule has 0 saturated heterocycles. The van der Waals surface area contributed by atoms with Crippen molar-refractivity contribution in [3.8, 4) is 0 Å².